The number of piperidine rings is 1. The molecule has 1 heterocycles. The molecule has 1 unspecified atom stereocenters. The molecule has 1 rings (SSSR count). The topological polar surface area (TPSA) is 49.8 Å². The van der Waals surface area contributed by atoms with Crippen molar-refractivity contribution in [1.82, 2.24) is 4.90 Å². The van der Waals surface area contributed by atoms with Crippen molar-refractivity contribution in [3.8, 4) is 0 Å². The average molecular weight is 213 g/mol. The predicted molar refractivity (Wildman–Crippen MR) is 57.9 cm³/mol. The lowest BCUT2D eigenvalue weighted by Crippen LogP contribution is -2.40. The highest BCUT2D eigenvalue weighted by Gasteiger charge is 2.19. The molecule has 0 saturated carbocycles. The summed E-state index contributed by atoms with van der Waals surface area (Å²) in [6, 6.07) is 0. The number of carbonyl (C=O) groups is 1. The van der Waals surface area contributed by atoms with Gasteiger partial charge < -0.3 is 9.84 Å². The second-order valence-electron chi connectivity index (χ2n) is 4.06. The van der Waals surface area contributed by atoms with Gasteiger partial charge in [-0.3, -0.25) is 4.90 Å². The van der Waals surface area contributed by atoms with E-state index in [0.717, 1.165) is 38.0 Å². The van der Waals surface area contributed by atoms with E-state index in [9.17, 15) is 4.79 Å². The minimum atomic E-state index is -0.868. The first-order chi connectivity index (χ1) is 7.11. The summed E-state index contributed by atoms with van der Waals surface area (Å²) in [7, 11) is 1.73. The first-order valence-electron chi connectivity index (χ1n) is 5.27. The van der Waals surface area contributed by atoms with E-state index in [0.29, 0.717) is 6.10 Å². The normalized spacial score (nSPS) is 24.1. The number of aliphatic carboxylic acids is 1. The minimum absolute atomic E-state index is 0.302. The third kappa shape index (κ3) is 4.44. The van der Waals surface area contributed by atoms with Crippen LogP contribution in [-0.2, 0) is 9.53 Å². The lowest BCUT2D eigenvalue weighted by atomic mass is 10.1. The van der Waals surface area contributed by atoms with Crippen molar-refractivity contribution in [3.05, 3.63) is 11.6 Å². The van der Waals surface area contributed by atoms with Crippen LogP contribution in [0.4, 0.5) is 0 Å². The van der Waals surface area contributed by atoms with Gasteiger partial charge in [0.05, 0.1) is 6.10 Å². The van der Waals surface area contributed by atoms with Crippen molar-refractivity contribution >= 4 is 5.97 Å². The molecule has 0 aromatic rings. The van der Waals surface area contributed by atoms with Crippen LogP contribution in [0.15, 0.2) is 11.6 Å². The quantitative estimate of drug-likeness (QED) is 0.711. The van der Waals surface area contributed by atoms with Crippen LogP contribution in [0.25, 0.3) is 0 Å². The summed E-state index contributed by atoms with van der Waals surface area (Å²) >= 11 is 0. The van der Waals surface area contributed by atoms with Crippen LogP contribution < -0.4 is 0 Å². The van der Waals surface area contributed by atoms with Crippen molar-refractivity contribution in [2.45, 2.75) is 25.9 Å². The Labute approximate surface area is 90.5 Å². The summed E-state index contributed by atoms with van der Waals surface area (Å²) in [5.74, 6) is -0.868. The zero-order valence-corrected chi connectivity index (χ0v) is 9.40. The number of carboxylic acid groups (broad SMARTS) is 1. The van der Waals surface area contributed by atoms with E-state index < -0.39 is 5.97 Å². The van der Waals surface area contributed by atoms with Crippen LogP contribution in [0.2, 0.25) is 0 Å². The third-order valence-electron chi connectivity index (χ3n) is 2.64. The summed E-state index contributed by atoms with van der Waals surface area (Å²) in [4.78, 5) is 12.7. The van der Waals surface area contributed by atoms with E-state index in [4.69, 9.17) is 9.84 Å². The standard InChI is InChI=1S/C11H19NO3/c1-9(6-11(13)14)7-12-5-3-4-10(8-12)15-2/h6,10H,3-5,7-8H2,1-2H3,(H,13,14). The SMILES string of the molecule is COC1CCCN(CC(C)=CC(=O)O)C1. The van der Waals surface area contributed by atoms with Gasteiger partial charge in [-0.2, -0.15) is 0 Å². The van der Waals surface area contributed by atoms with Gasteiger partial charge in [-0.25, -0.2) is 4.79 Å². The van der Waals surface area contributed by atoms with Gasteiger partial charge in [0.2, 0.25) is 0 Å². The molecule has 1 atom stereocenters. The van der Waals surface area contributed by atoms with E-state index in [2.05, 4.69) is 4.90 Å². The number of nitrogens with zero attached hydrogens (tertiary/aromatic N) is 1. The zero-order valence-electron chi connectivity index (χ0n) is 9.40. The fourth-order valence-electron chi connectivity index (χ4n) is 1.96. The summed E-state index contributed by atoms with van der Waals surface area (Å²) in [6.07, 6.45) is 3.81. The molecular weight excluding hydrogens is 194 g/mol. The Morgan fingerprint density at radius 3 is 3.00 bits per heavy atom. The number of hydrogen-bond acceptors (Lipinski definition) is 3. The number of carboxylic acids is 1. The highest BCUT2D eigenvalue weighted by atomic mass is 16.5. The van der Waals surface area contributed by atoms with Crippen molar-refractivity contribution in [2.75, 3.05) is 26.7 Å². The molecule has 0 aromatic heterocycles. The molecule has 0 radical (unpaired) electrons. The highest BCUT2D eigenvalue weighted by Crippen LogP contribution is 2.13. The molecule has 0 bridgehead atoms. The second-order valence-corrected chi connectivity index (χ2v) is 4.06. The van der Waals surface area contributed by atoms with E-state index in [1.807, 2.05) is 6.92 Å². The molecule has 1 aliphatic rings. The Morgan fingerprint density at radius 2 is 2.40 bits per heavy atom. The molecule has 15 heavy (non-hydrogen) atoms. The third-order valence-corrected chi connectivity index (χ3v) is 2.64. The maximum atomic E-state index is 10.5. The summed E-state index contributed by atoms with van der Waals surface area (Å²) in [5.41, 5.74) is 0.888. The van der Waals surface area contributed by atoms with E-state index in [1.165, 1.54) is 6.08 Å². The van der Waals surface area contributed by atoms with Gasteiger partial charge in [0, 0.05) is 26.3 Å². The van der Waals surface area contributed by atoms with Gasteiger partial charge in [0.25, 0.3) is 0 Å². The molecule has 1 N–H and O–H groups in total. The molecule has 0 amide bonds. The maximum absolute atomic E-state index is 10.5. The van der Waals surface area contributed by atoms with Gasteiger partial charge in [-0.1, -0.05) is 5.57 Å². The summed E-state index contributed by atoms with van der Waals surface area (Å²) < 4.78 is 5.31. The molecule has 1 saturated heterocycles. The average Bonchev–Trinajstić information content (AvgIpc) is 2.16. The Hall–Kier alpha value is -0.870. The number of hydrogen-bond donors (Lipinski definition) is 1. The van der Waals surface area contributed by atoms with Crippen LogP contribution in [0.5, 0.6) is 0 Å². The first-order valence-corrected chi connectivity index (χ1v) is 5.27. The van der Waals surface area contributed by atoms with Crippen LogP contribution in [0.1, 0.15) is 19.8 Å². The number of likely N-dealkylation sites (tertiary alicyclic amines) is 1. The molecular formula is C11H19NO3. The van der Waals surface area contributed by atoms with E-state index in [1.54, 1.807) is 7.11 Å². The summed E-state index contributed by atoms with van der Waals surface area (Å²) in [6.45, 7) is 4.52. The minimum Gasteiger partial charge on any atom is -0.478 e. The Bertz CT molecular complexity index is 250. The van der Waals surface area contributed by atoms with Crippen LogP contribution in [0.3, 0.4) is 0 Å². The van der Waals surface area contributed by atoms with Crippen molar-refractivity contribution in [1.29, 1.82) is 0 Å². The van der Waals surface area contributed by atoms with Crippen LogP contribution in [-0.4, -0.2) is 48.8 Å². The monoisotopic (exact) mass is 213 g/mol. The predicted octanol–water partition coefficient (Wildman–Crippen LogP) is 1.13. The zero-order chi connectivity index (χ0) is 11.3. The Morgan fingerprint density at radius 1 is 1.67 bits per heavy atom. The first kappa shape index (κ1) is 12.2. The largest absolute Gasteiger partial charge is 0.478 e. The van der Waals surface area contributed by atoms with Gasteiger partial charge in [-0.05, 0) is 26.3 Å². The molecule has 1 fully saturated rings. The van der Waals surface area contributed by atoms with Crippen molar-refractivity contribution in [2.24, 2.45) is 0 Å². The van der Waals surface area contributed by atoms with Crippen molar-refractivity contribution in [3.63, 3.8) is 0 Å². The molecule has 1 aliphatic heterocycles. The number of rotatable bonds is 4. The fourth-order valence-corrected chi connectivity index (χ4v) is 1.96. The number of methoxy groups -OCH3 is 1. The van der Waals surface area contributed by atoms with Crippen LogP contribution in [0, 0.1) is 0 Å². The highest BCUT2D eigenvalue weighted by molar-refractivity contribution is 5.80. The summed E-state index contributed by atoms with van der Waals surface area (Å²) in [5, 5.41) is 8.59. The Kier molecular flexibility index (Phi) is 4.78. The maximum Gasteiger partial charge on any atom is 0.328 e. The number of ether oxygens (including phenoxy) is 1. The molecule has 4 heteroatoms. The van der Waals surface area contributed by atoms with Gasteiger partial charge >= 0.3 is 5.97 Å². The molecule has 0 spiro atoms. The molecule has 86 valence electrons. The lowest BCUT2D eigenvalue weighted by molar-refractivity contribution is -0.131. The van der Waals surface area contributed by atoms with E-state index >= 15 is 0 Å². The molecule has 4 nitrogen and oxygen atoms in total. The van der Waals surface area contributed by atoms with Crippen LogP contribution >= 0.6 is 0 Å². The molecule has 0 aliphatic carbocycles. The lowest BCUT2D eigenvalue weighted by Gasteiger charge is -2.31. The van der Waals surface area contributed by atoms with Gasteiger partial charge in [-0.15, -0.1) is 0 Å². The Balaban J connectivity index is 2.41. The van der Waals surface area contributed by atoms with Gasteiger partial charge in [0.1, 0.15) is 0 Å². The fraction of sp³-hybridized carbons (Fsp3) is 0.727. The van der Waals surface area contributed by atoms with Gasteiger partial charge in [0.15, 0.2) is 0 Å². The van der Waals surface area contributed by atoms with Crippen molar-refractivity contribution < 1.29 is 14.6 Å². The molecule has 0 aromatic carbocycles. The second kappa shape index (κ2) is 5.88. The smallest absolute Gasteiger partial charge is 0.328 e. The van der Waals surface area contributed by atoms with E-state index in [-0.39, 0.29) is 0 Å².